The van der Waals surface area contributed by atoms with Crippen LogP contribution in [0.5, 0.6) is 0 Å². The summed E-state index contributed by atoms with van der Waals surface area (Å²) in [6.07, 6.45) is 5.14. The zero-order valence-corrected chi connectivity index (χ0v) is 8.34. The van der Waals surface area contributed by atoms with Gasteiger partial charge in [0.2, 0.25) is 0 Å². The molecule has 1 heterocycles. The highest BCUT2D eigenvalue weighted by atomic mass is 16.6. The Bertz CT molecular complexity index is 174. The van der Waals surface area contributed by atoms with Gasteiger partial charge in [-0.05, 0) is 6.42 Å². The Kier molecular flexibility index (Phi) is 5.64. The topological polar surface area (TPSA) is 21.8 Å². The average Bonchev–Trinajstić information content (AvgIpc) is 2.93. The number of unbranched alkanes of at least 4 members (excludes halogenated alkanes) is 3. The molecule has 0 aliphatic carbocycles. The van der Waals surface area contributed by atoms with Gasteiger partial charge in [-0.3, -0.25) is 0 Å². The minimum atomic E-state index is 0.363. The second-order valence-corrected chi connectivity index (χ2v) is 3.28. The number of rotatable bonds is 6. The Balaban J connectivity index is 1.79. The van der Waals surface area contributed by atoms with E-state index in [1.165, 1.54) is 19.3 Å². The Morgan fingerprint density at radius 1 is 1.38 bits per heavy atom. The van der Waals surface area contributed by atoms with Gasteiger partial charge in [-0.25, -0.2) is 0 Å². The van der Waals surface area contributed by atoms with Gasteiger partial charge in [0.25, 0.3) is 0 Å². The maximum atomic E-state index is 5.27. The molecule has 0 unspecified atom stereocenters. The lowest BCUT2D eigenvalue weighted by atomic mass is 10.2. The highest BCUT2D eigenvalue weighted by Crippen LogP contribution is 2.07. The summed E-state index contributed by atoms with van der Waals surface area (Å²) >= 11 is 0. The van der Waals surface area contributed by atoms with Crippen LogP contribution in [0.3, 0.4) is 0 Å². The first-order valence-corrected chi connectivity index (χ1v) is 5.08. The fourth-order valence-electron chi connectivity index (χ4n) is 1.01. The maximum absolute atomic E-state index is 5.27. The molecule has 2 nitrogen and oxygen atoms in total. The fourth-order valence-corrected chi connectivity index (χ4v) is 1.01. The third-order valence-electron chi connectivity index (χ3n) is 1.91. The smallest absolute Gasteiger partial charge is 0.107 e. The third kappa shape index (κ3) is 6.62. The van der Waals surface area contributed by atoms with Crippen LogP contribution in [0, 0.1) is 11.8 Å². The van der Waals surface area contributed by atoms with Crippen LogP contribution in [-0.2, 0) is 9.47 Å². The first kappa shape index (κ1) is 10.6. The van der Waals surface area contributed by atoms with Gasteiger partial charge in [0.1, 0.15) is 12.7 Å². The quantitative estimate of drug-likeness (QED) is 0.356. The first-order chi connectivity index (χ1) is 6.43. The molecule has 74 valence electrons. The van der Waals surface area contributed by atoms with Crippen molar-refractivity contribution in [3.63, 3.8) is 0 Å². The molecule has 0 N–H and O–H groups in total. The second-order valence-electron chi connectivity index (χ2n) is 3.28. The van der Waals surface area contributed by atoms with Crippen molar-refractivity contribution < 1.29 is 9.47 Å². The molecule has 1 fully saturated rings. The molecular weight excluding hydrogens is 164 g/mol. The summed E-state index contributed by atoms with van der Waals surface area (Å²) in [5, 5.41) is 0. The maximum Gasteiger partial charge on any atom is 0.107 e. The van der Waals surface area contributed by atoms with E-state index in [4.69, 9.17) is 9.47 Å². The van der Waals surface area contributed by atoms with Crippen LogP contribution in [0.4, 0.5) is 0 Å². The molecule has 13 heavy (non-hydrogen) atoms. The van der Waals surface area contributed by atoms with Gasteiger partial charge in [0, 0.05) is 6.42 Å². The zero-order valence-electron chi connectivity index (χ0n) is 8.34. The molecule has 1 aliphatic heterocycles. The van der Waals surface area contributed by atoms with Crippen molar-refractivity contribution in [3.05, 3.63) is 0 Å². The van der Waals surface area contributed by atoms with Gasteiger partial charge in [-0.2, -0.15) is 0 Å². The van der Waals surface area contributed by atoms with E-state index in [1.807, 2.05) is 0 Å². The van der Waals surface area contributed by atoms with E-state index < -0.39 is 0 Å². The lowest BCUT2D eigenvalue weighted by Gasteiger charge is -1.93. The largest absolute Gasteiger partial charge is 0.371 e. The van der Waals surface area contributed by atoms with Gasteiger partial charge < -0.3 is 9.47 Å². The summed E-state index contributed by atoms with van der Waals surface area (Å²) in [5.74, 6) is 6.10. The molecule has 0 aromatic heterocycles. The summed E-state index contributed by atoms with van der Waals surface area (Å²) in [5.41, 5.74) is 0. The molecule has 0 spiro atoms. The molecule has 1 saturated heterocycles. The van der Waals surface area contributed by atoms with E-state index in [-0.39, 0.29) is 0 Å². The highest BCUT2D eigenvalue weighted by molar-refractivity contribution is 4.98. The molecule has 0 aromatic rings. The monoisotopic (exact) mass is 182 g/mol. The van der Waals surface area contributed by atoms with Gasteiger partial charge >= 0.3 is 0 Å². The van der Waals surface area contributed by atoms with Gasteiger partial charge in [-0.15, -0.1) is 5.92 Å². The third-order valence-corrected chi connectivity index (χ3v) is 1.91. The Morgan fingerprint density at radius 2 is 2.23 bits per heavy atom. The summed E-state index contributed by atoms with van der Waals surface area (Å²) in [7, 11) is 0. The summed E-state index contributed by atoms with van der Waals surface area (Å²) < 4.78 is 10.3. The van der Waals surface area contributed by atoms with E-state index in [2.05, 4.69) is 18.8 Å². The molecule has 1 rings (SSSR count). The Morgan fingerprint density at radius 3 is 2.92 bits per heavy atom. The number of ether oxygens (including phenoxy) is 2. The van der Waals surface area contributed by atoms with Crippen molar-refractivity contribution in [2.75, 3.05) is 19.8 Å². The van der Waals surface area contributed by atoms with Crippen LogP contribution in [0.2, 0.25) is 0 Å². The predicted molar refractivity (Wildman–Crippen MR) is 52.5 cm³/mol. The van der Waals surface area contributed by atoms with Crippen molar-refractivity contribution in [3.8, 4) is 11.8 Å². The summed E-state index contributed by atoms with van der Waals surface area (Å²) in [6, 6.07) is 0. The van der Waals surface area contributed by atoms with Crippen LogP contribution in [0.1, 0.15) is 32.6 Å². The fraction of sp³-hybridized carbons (Fsp3) is 0.818. The minimum Gasteiger partial charge on any atom is -0.371 e. The van der Waals surface area contributed by atoms with Crippen molar-refractivity contribution >= 4 is 0 Å². The second kappa shape index (κ2) is 6.94. The SMILES string of the molecule is CCCCCC#CCOC[C@H]1CO1. The predicted octanol–water partition coefficient (Wildman–Crippen LogP) is 1.99. The van der Waals surface area contributed by atoms with Crippen LogP contribution >= 0.6 is 0 Å². The minimum absolute atomic E-state index is 0.363. The molecule has 1 aliphatic rings. The standard InChI is InChI=1S/C11H18O2/c1-2-3-4-5-6-7-8-12-9-11-10-13-11/h11H,2-5,8-10H2,1H3/t11-/m0/s1. The van der Waals surface area contributed by atoms with Crippen molar-refractivity contribution in [1.29, 1.82) is 0 Å². The van der Waals surface area contributed by atoms with Crippen LogP contribution in [-0.4, -0.2) is 25.9 Å². The molecule has 0 bridgehead atoms. The van der Waals surface area contributed by atoms with Crippen molar-refractivity contribution in [2.45, 2.75) is 38.7 Å². The van der Waals surface area contributed by atoms with E-state index in [1.54, 1.807) is 0 Å². The first-order valence-electron chi connectivity index (χ1n) is 5.08. The van der Waals surface area contributed by atoms with Crippen molar-refractivity contribution in [2.24, 2.45) is 0 Å². The zero-order chi connectivity index (χ0) is 9.36. The lowest BCUT2D eigenvalue weighted by molar-refractivity contribution is 0.145. The molecule has 2 heteroatoms. The summed E-state index contributed by atoms with van der Waals surface area (Å²) in [4.78, 5) is 0. The molecule has 0 saturated carbocycles. The van der Waals surface area contributed by atoms with Crippen LogP contribution < -0.4 is 0 Å². The number of hydrogen-bond acceptors (Lipinski definition) is 2. The van der Waals surface area contributed by atoms with E-state index >= 15 is 0 Å². The molecule has 1 atom stereocenters. The van der Waals surface area contributed by atoms with E-state index in [0.29, 0.717) is 19.3 Å². The highest BCUT2D eigenvalue weighted by Gasteiger charge is 2.21. The Labute approximate surface area is 80.6 Å². The van der Waals surface area contributed by atoms with Gasteiger partial charge in [-0.1, -0.05) is 25.7 Å². The van der Waals surface area contributed by atoms with Crippen LogP contribution in [0.15, 0.2) is 0 Å². The molecular formula is C11H18O2. The molecule has 0 amide bonds. The van der Waals surface area contributed by atoms with E-state index in [0.717, 1.165) is 13.0 Å². The van der Waals surface area contributed by atoms with Gasteiger partial charge in [0.15, 0.2) is 0 Å². The van der Waals surface area contributed by atoms with Crippen LogP contribution in [0.25, 0.3) is 0 Å². The average molecular weight is 182 g/mol. The lowest BCUT2D eigenvalue weighted by Crippen LogP contribution is -2.00. The normalized spacial score (nSPS) is 19.3. The Hall–Kier alpha value is -0.520. The number of hydrogen-bond donors (Lipinski definition) is 0. The van der Waals surface area contributed by atoms with Crippen molar-refractivity contribution in [1.82, 2.24) is 0 Å². The van der Waals surface area contributed by atoms with E-state index in [9.17, 15) is 0 Å². The molecule has 0 radical (unpaired) electrons. The summed E-state index contributed by atoms with van der Waals surface area (Å²) in [6.45, 7) is 4.34. The molecule has 0 aromatic carbocycles. The van der Waals surface area contributed by atoms with Gasteiger partial charge in [0.05, 0.1) is 13.2 Å². The number of epoxide rings is 1.